The summed E-state index contributed by atoms with van der Waals surface area (Å²) in [5.41, 5.74) is 0.779. The van der Waals surface area contributed by atoms with Gasteiger partial charge in [0.05, 0.1) is 0 Å². The summed E-state index contributed by atoms with van der Waals surface area (Å²) in [5, 5.41) is 10.1. The van der Waals surface area contributed by atoms with Crippen LogP contribution in [0.25, 0.3) is 0 Å². The van der Waals surface area contributed by atoms with Crippen molar-refractivity contribution >= 4 is 0 Å². The second-order valence-corrected chi connectivity index (χ2v) is 4.68. The van der Waals surface area contributed by atoms with Gasteiger partial charge in [-0.15, -0.1) is 0 Å². The van der Waals surface area contributed by atoms with E-state index in [1.165, 1.54) is 6.07 Å². The van der Waals surface area contributed by atoms with Crippen LogP contribution in [0.3, 0.4) is 0 Å². The standard InChI is InChI=1S/C15H12F4O/c1-7-3-8(2)13(10(16)4-7)15(20)9-5-11(17)14(19)12(18)6-9/h3-6,15,20H,1-2H3. The third-order valence-electron chi connectivity index (χ3n) is 3.08. The predicted octanol–water partition coefficient (Wildman–Crippen LogP) is 3.94. The van der Waals surface area contributed by atoms with E-state index in [-0.39, 0.29) is 11.1 Å². The summed E-state index contributed by atoms with van der Waals surface area (Å²) in [6.45, 7) is 3.26. The third-order valence-corrected chi connectivity index (χ3v) is 3.08. The second kappa shape index (κ2) is 5.25. The lowest BCUT2D eigenvalue weighted by Gasteiger charge is -2.16. The van der Waals surface area contributed by atoms with Gasteiger partial charge < -0.3 is 5.11 Å². The first-order valence-electron chi connectivity index (χ1n) is 5.90. The molecule has 0 aliphatic carbocycles. The van der Waals surface area contributed by atoms with Crippen molar-refractivity contribution in [2.75, 3.05) is 0 Å². The Morgan fingerprint density at radius 3 is 1.90 bits per heavy atom. The molecule has 0 saturated carbocycles. The molecule has 20 heavy (non-hydrogen) atoms. The number of aliphatic hydroxyl groups excluding tert-OH is 1. The Morgan fingerprint density at radius 1 is 0.850 bits per heavy atom. The topological polar surface area (TPSA) is 20.2 Å². The molecule has 0 radical (unpaired) electrons. The van der Waals surface area contributed by atoms with E-state index in [1.807, 2.05) is 0 Å². The molecule has 5 heteroatoms. The first-order chi connectivity index (χ1) is 9.31. The Balaban J connectivity index is 2.55. The maximum atomic E-state index is 13.9. The van der Waals surface area contributed by atoms with Crippen LogP contribution >= 0.6 is 0 Å². The molecule has 2 rings (SSSR count). The number of benzene rings is 2. The highest BCUT2D eigenvalue weighted by Crippen LogP contribution is 2.29. The lowest BCUT2D eigenvalue weighted by Crippen LogP contribution is -2.07. The van der Waals surface area contributed by atoms with Crippen LogP contribution in [0.4, 0.5) is 17.6 Å². The van der Waals surface area contributed by atoms with Crippen LogP contribution in [0.2, 0.25) is 0 Å². The Morgan fingerprint density at radius 2 is 1.40 bits per heavy atom. The van der Waals surface area contributed by atoms with Crippen LogP contribution in [0, 0.1) is 37.1 Å². The normalized spacial score (nSPS) is 12.6. The molecule has 1 unspecified atom stereocenters. The summed E-state index contributed by atoms with van der Waals surface area (Å²) in [4.78, 5) is 0. The van der Waals surface area contributed by atoms with E-state index < -0.39 is 29.4 Å². The molecule has 2 aromatic carbocycles. The summed E-state index contributed by atoms with van der Waals surface area (Å²) in [5.74, 6) is -5.16. The van der Waals surface area contributed by atoms with E-state index in [4.69, 9.17) is 0 Å². The van der Waals surface area contributed by atoms with Crippen LogP contribution in [0.5, 0.6) is 0 Å². The van der Waals surface area contributed by atoms with Crippen molar-refractivity contribution in [3.8, 4) is 0 Å². The lowest BCUT2D eigenvalue weighted by molar-refractivity contribution is 0.212. The molecular weight excluding hydrogens is 272 g/mol. The highest BCUT2D eigenvalue weighted by atomic mass is 19.2. The first-order valence-corrected chi connectivity index (χ1v) is 5.90. The zero-order valence-electron chi connectivity index (χ0n) is 10.8. The highest BCUT2D eigenvalue weighted by Gasteiger charge is 2.21. The molecular formula is C15H12F4O. The van der Waals surface area contributed by atoms with Gasteiger partial charge in [-0.25, -0.2) is 17.6 Å². The predicted molar refractivity (Wildman–Crippen MR) is 66.3 cm³/mol. The minimum Gasteiger partial charge on any atom is -0.384 e. The van der Waals surface area contributed by atoms with Gasteiger partial charge in [-0.2, -0.15) is 0 Å². The maximum Gasteiger partial charge on any atom is 0.194 e. The molecule has 0 spiro atoms. The molecule has 1 N–H and O–H groups in total. The molecule has 1 atom stereocenters. The SMILES string of the molecule is Cc1cc(C)c(C(O)c2cc(F)c(F)c(F)c2)c(F)c1. The second-order valence-electron chi connectivity index (χ2n) is 4.68. The molecule has 1 nitrogen and oxygen atoms in total. The summed E-state index contributed by atoms with van der Waals surface area (Å²) >= 11 is 0. The van der Waals surface area contributed by atoms with Gasteiger partial charge >= 0.3 is 0 Å². The van der Waals surface area contributed by atoms with Crippen molar-refractivity contribution in [3.63, 3.8) is 0 Å². The van der Waals surface area contributed by atoms with Gasteiger partial charge in [0.15, 0.2) is 17.5 Å². The number of hydrogen-bond donors (Lipinski definition) is 1. The van der Waals surface area contributed by atoms with Crippen molar-refractivity contribution in [3.05, 3.63) is 69.8 Å². The van der Waals surface area contributed by atoms with Crippen molar-refractivity contribution in [1.82, 2.24) is 0 Å². The van der Waals surface area contributed by atoms with Crippen molar-refractivity contribution < 1.29 is 22.7 Å². The fourth-order valence-corrected chi connectivity index (χ4v) is 2.17. The van der Waals surface area contributed by atoms with Crippen LogP contribution in [0.1, 0.15) is 28.4 Å². The molecule has 0 aliphatic rings. The van der Waals surface area contributed by atoms with Crippen LogP contribution < -0.4 is 0 Å². The Hall–Kier alpha value is -1.88. The molecule has 0 bridgehead atoms. The van der Waals surface area contributed by atoms with Gasteiger partial charge in [-0.05, 0) is 48.7 Å². The zero-order valence-corrected chi connectivity index (χ0v) is 10.8. The number of hydrogen-bond acceptors (Lipinski definition) is 1. The van der Waals surface area contributed by atoms with Crippen LogP contribution in [0.15, 0.2) is 24.3 Å². The minimum atomic E-state index is -1.62. The van der Waals surface area contributed by atoms with Gasteiger partial charge in [0.2, 0.25) is 0 Å². The highest BCUT2D eigenvalue weighted by molar-refractivity contribution is 5.39. The minimum absolute atomic E-state index is 0.0824. The number of halogens is 4. The summed E-state index contributed by atoms with van der Waals surface area (Å²) in [7, 11) is 0. The molecule has 0 heterocycles. The molecule has 0 saturated heterocycles. The van der Waals surface area contributed by atoms with E-state index in [0.29, 0.717) is 23.3 Å². The Bertz CT molecular complexity index is 621. The van der Waals surface area contributed by atoms with Gasteiger partial charge in [0.25, 0.3) is 0 Å². The van der Waals surface area contributed by atoms with Gasteiger partial charge in [-0.1, -0.05) is 6.07 Å². The van der Waals surface area contributed by atoms with Crippen LogP contribution in [-0.4, -0.2) is 5.11 Å². The maximum absolute atomic E-state index is 13.9. The molecule has 0 aromatic heterocycles. The molecule has 0 fully saturated rings. The third kappa shape index (κ3) is 2.54. The molecule has 0 aliphatic heterocycles. The fraction of sp³-hybridized carbons (Fsp3) is 0.200. The van der Waals surface area contributed by atoms with E-state index in [1.54, 1.807) is 19.9 Å². The van der Waals surface area contributed by atoms with Gasteiger partial charge in [0, 0.05) is 5.56 Å². The van der Waals surface area contributed by atoms with Crippen molar-refractivity contribution in [1.29, 1.82) is 0 Å². The summed E-state index contributed by atoms with van der Waals surface area (Å²) < 4.78 is 53.1. The van der Waals surface area contributed by atoms with Gasteiger partial charge in [-0.3, -0.25) is 0 Å². The number of rotatable bonds is 2. The molecule has 0 amide bonds. The zero-order chi connectivity index (χ0) is 15.0. The van der Waals surface area contributed by atoms with E-state index in [2.05, 4.69) is 0 Å². The van der Waals surface area contributed by atoms with Crippen LogP contribution in [-0.2, 0) is 0 Å². The summed E-state index contributed by atoms with van der Waals surface area (Å²) in [6, 6.07) is 4.16. The number of aryl methyl sites for hydroxylation is 2. The smallest absolute Gasteiger partial charge is 0.194 e. The largest absolute Gasteiger partial charge is 0.384 e. The van der Waals surface area contributed by atoms with Crippen molar-refractivity contribution in [2.45, 2.75) is 20.0 Å². The summed E-state index contributed by atoms with van der Waals surface area (Å²) in [6.07, 6.45) is -1.57. The van der Waals surface area contributed by atoms with E-state index in [0.717, 1.165) is 0 Å². The molecule has 106 valence electrons. The van der Waals surface area contributed by atoms with E-state index >= 15 is 0 Å². The van der Waals surface area contributed by atoms with Crippen molar-refractivity contribution in [2.24, 2.45) is 0 Å². The quantitative estimate of drug-likeness (QED) is 0.654. The Labute approximate surface area is 113 Å². The number of aliphatic hydroxyl groups is 1. The average Bonchev–Trinajstić information content (AvgIpc) is 2.33. The average molecular weight is 284 g/mol. The van der Waals surface area contributed by atoms with Gasteiger partial charge in [0.1, 0.15) is 11.9 Å². The Kier molecular flexibility index (Phi) is 3.81. The monoisotopic (exact) mass is 284 g/mol. The fourth-order valence-electron chi connectivity index (χ4n) is 2.17. The lowest BCUT2D eigenvalue weighted by atomic mass is 9.95. The first kappa shape index (κ1) is 14.5. The molecule has 2 aromatic rings. The van der Waals surface area contributed by atoms with E-state index in [9.17, 15) is 22.7 Å².